The Morgan fingerprint density at radius 3 is 2.64 bits per heavy atom. The molecule has 0 radical (unpaired) electrons. The van der Waals surface area contributed by atoms with Crippen molar-refractivity contribution in [3.8, 4) is 0 Å². The SMILES string of the molecule is CCCCCC[C@H]1C(=O)O[C@@H]2[C@@H]3OC(c4ccccc4)OC[C@H]3O[C@H](OC)[C@@H]21. The molecular weight excluding hydrogens is 360 g/mol. The number of unbranched alkanes of at least 4 members (excludes halogenated alkanes) is 3. The second-order valence-corrected chi connectivity index (χ2v) is 7.89. The van der Waals surface area contributed by atoms with Gasteiger partial charge in [0.05, 0.1) is 18.4 Å². The third kappa shape index (κ3) is 3.83. The summed E-state index contributed by atoms with van der Waals surface area (Å²) < 4.78 is 29.7. The standard InChI is InChI=1S/C22H30O6/c1-3-4-5-9-12-15-17-19(27-20(15)23)18-16(26-22(17)24-2)13-25-21(28-18)14-10-7-6-8-11-14/h6-8,10-11,15-19,21-22H,3-5,9,12-13H2,1-2H3/t15-,16-,17-,18-,19+,21?,22+/m1/s1. The van der Waals surface area contributed by atoms with Crippen molar-refractivity contribution in [3.05, 3.63) is 35.9 Å². The van der Waals surface area contributed by atoms with Crippen LogP contribution in [0.4, 0.5) is 0 Å². The quantitative estimate of drug-likeness (QED) is 0.524. The molecule has 0 amide bonds. The van der Waals surface area contributed by atoms with Crippen LogP contribution >= 0.6 is 0 Å². The van der Waals surface area contributed by atoms with E-state index in [1.807, 2.05) is 30.3 Å². The number of carbonyl (C=O) groups is 1. The summed E-state index contributed by atoms with van der Waals surface area (Å²) in [5, 5.41) is 0. The molecule has 0 spiro atoms. The second kappa shape index (κ2) is 8.91. The van der Waals surface area contributed by atoms with Crippen LogP contribution in [0.2, 0.25) is 0 Å². The van der Waals surface area contributed by atoms with Gasteiger partial charge in [-0.2, -0.15) is 0 Å². The maximum Gasteiger partial charge on any atom is 0.309 e. The van der Waals surface area contributed by atoms with Gasteiger partial charge in [0.15, 0.2) is 12.6 Å². The van der Waals surface area contributed by atoms with Gasteiger partial charge in [0.2, 0.25) is 0 Å². The van der Waals surface area contributed by atoms with Crippen LogP contribution < -0.4 is 0 Å². The Labute approximate surface area is 166 Å². The van der Waals surface area contributed by atoms with Crippen molar-refractivity contribution in [1.82, 2.24) is 0 Å². The van der Waals surface area contributed by atoms with E-state index in [-0.39, 0.29) is 36.1 Å². The topological polar surface area (TPSA) is 63.2 Å². The number of benzene rings is 1. The molecule has 3 saturated heterocycles. The summed E-state index contributed by atoms with van der Waals surface area (Å²) in [6.07, 6.45) is 3.33. The minimum absolute atomic E-state index is 0.144. The lowest BCUT2D eigenvalue weighted by Crippen LogP contribution is -2.59. The van der Waals surface area contributed by atoms with Crippen molar-refractivity contribution in [2.45, 2.75) is 69.9 Å². The van der Waals surface area contributed by atoms with E-state index >= 15 is 0 Å². The zero-order valence-corrected chi connectivity index (χ0v) is 16.6. The molecule has 0 bridgehead atoms. The largest absolute Gasteiger partial charge is 0.459 e. The molecule has 1 unspecified atom stereocenters. The van der Waals surface area contributed by atoms with Crippen molar-refractivity contribution >= 4 is 5.97 Å². The van der Waals surface area contributed by atoms with E-state index in [0.29, 0.717) is 6.61 Å². The summed E-state index contributed by atoms with van der Waals surface area (Å²) in [5.74, 6) is -0.492. The molecule has 1 aromatic carbocycles. The van der Waals surface area contributed by atoms with Crippen molar-refractivity contribution < 1.29 is 28.5 Å². The lowest BCUT2D eigenvalue weighted by atomic mass is 9.81. The van der Waals surface area contributed by atoms with E-state index in [0.717, 1.165) is 24.8 Å². The Kier molecular flexibility index (Phi) is 6.31. The van der Waals surface area contributed by atoms with E-state index < -0.39 is 12.6 Å². The Balaban J connectivity index is 1.49. The van der Waals surface area contributed by atoms with Gasteiger partial charge in [-0.1, -0.05) is 62.9 Å². The van der Waals surface area contributed by atoms with Crippen molar-refractivity contribution in [3.63, 3.8) is 0 Å². The number of fused-ring (bicyclic) bond motifs is 3. The van der Waals surface area contributed by atoms with Crippen LogP contribution in [0.3, 0.4) is 0 Å². The van der Waals surface area contributed by atoms with Gasteiger partial charge in [0.25, 0.3) is 0 Å². The van der Waals surface area contributed by atoms with E-state index in [9.17, 15) is 4.79 Å². The molecule has 1 aromatic rings. The second-order valence-electron chi connectivity index (χ2n) is 7.89. The molecule has 154 valence electrons. The van der Waals surface area contributed by atoms with Gasteiger partial charge in [-0.3, -0.25) is 4.79 Å². The zero-order valence-electron chi connectivity index (χ0n) is 16.6. The van der Waals surface area contributed by atoms with Gasteiger partial charge >= 0.3 is 5.97 Å². The van der Waals surface area contributed by atoms with Crippen molar-refractivity contribution in [2.75, 3.05) is 13.7 Å². The summed E-state index contributed by atoms with van der Waals surface area (Å²) in [6.45, 7) is 2.56. The van der Waals surface area contributed by atoms with Crippen LogP contribution in [-0.4, -0.2) is 44.3 Å². The summed E-state index contributed by atoms with van der Waals surface area (Å²) >= 11 is 0. The van der Waals surface area contributed by atoms with Crippen LogP contribution in [0.1, 0.15) is 50.9 Å². The smallest absolute Gasteiger partial charge is 0.309 e. The van der Waals surface area contributed by atoms with Gasteiger partial charge in [-0.15, -0.1) is 0 Å². The maximum atomic E-state index is 12.7. The molecule has 0 aromatic heterocycles. The summed E-state index contributed by atoms with van der Waals surface area (Å²) in [4.78, 5) is 12.7. The van der Waals surface area contributed by atoms with Crippen LogP contribution in [0.25, 0.3) is 0 Å². The number of methoxy groups -OCH3 is 1. The van der Waals surface area contributed by atoms with Gasteiger partial charge in [0.1, 0.15) is 18.3 Å². The third-order valence-corrected chi connectivity index (χ3v) is 6.08. The molecular formula is C22H30O6. The lowest BCUT2D eigenvalue weighted by Gasteiger charge is -2.46. The monoisotopic (exact) mass is 390 g/mol. The minimum atomic E-state index is -0.479. The molecule has 3 aliphatic heterocycles. The minimum Gasteiger partial charge on any atom is -0.459 e. The first-order chi connectivity index (χ1) is 13.7. The van der Waals surface area contributed by atoms with Crippen LogP contribution in [0.15, 0.2) is 30.3 Å². The molecule has 3 heterocycles. The molecule has 0 N–H and O–H groups in total. The average Bonchev–Trinajstić information content (AvgIpc) is 3.07. The fourth-order valence-corrected chi connectivity index (χ4v) is 4.63. The van der Waals surface area contributed by atoms with E-state index in [4.69, 9.17) is 23.7 Å². The predicted octanol–water partition coefficient (Wildman–Crippen LogP) is 3.60. The Hall–Kier alpha value is -1.47. The molecule has 6 heteroatoms. The van der Waals surface area contributed by atoms with Gasteiger partial charge in [0, 0.05) is 12.7 Å². The predicted molar refractivity (Wildman–Crippen MR) is 101 cm³/mol. The lowest BCUT2D eigenvalue weighted by molar-refractivity contribution is -0.345. The third-order valence-electron chi connectivity index (χ3n) is 6.08. The van der Waals surface area contributed by atoms with Crippen molar-refractivity contribution in [1.29, 1.82) is 0 Å². The van der Waals surface area contributed by atoms with Gasteiger partial charge in [-0.05, 0) is 6.42 Å². The van der Waals surface area contributed by atoms with Gasteiger partial charge < -0.3 is 23.7 Å². The zero-order chi connectivity index (χ0) is 19.5. The Bertz CT molecular complexity index is 650. The van der Waals surface area contributed by atoms with E-state index in [1.54, 1.807) is 7.11 Å². The highest BCUT2D eigenvalue weighted by molar-refractivity contribution is 5.75. The van der Waals surface area contributed by atoms with E-state index in [2.05, 4.69) is 6.92 Å². The fourth-order valence-electron chi connectivity index (χ4n) is 4.63. The number of esters is 1. The van der Waals surface area contributed by atoms with Crippen LogP contribution in [-0.2, 0) is 28.5 Å². The number of ether oxygens (including phenoxy) is 5. The molecule has 3 aliphatic rings. The molecule has 0 aliphatic carbocycles. The molecule has 7 atom stereocenters. The summed E-state index contributed by atoms with van der Waals surface area (Å²) in [6, 6.07) is 9.82. The Morgan fingerprint density at radius 1 is 1.07 bits per heavy atom. The first kappa shape index (κ1) is 19.8. The number of rotatable bonds is 7. The molecule has 6 nitrogen and oxygen atoms in total. The number of carbonyl (C=O) groups excluding carboxylic acids is 1. The highest BCUT2D eigenvalue weighted by atomic mass is 16.8. The van der Waals surface area contributed by atoms with Crippen molar-refractivity contribution in [2.24, 2.45) is 11.8 Å². The number of hydrogen-bond donors (Lipinski definition) is 0. The highest BCUT2D eigenvalue weighted by Gasteiger charge is 2.59. The average molecular weight is 390 g/mol. The Morgan fingerprint density at radius 2 is 1.89 bits per heavy atom. The van der Waals surface area contributed by atoms with Gasteiger partial charge in [-0.25, -0.2) is 0 Å². The maximum absolute atomic E-state index is 12.7. The summed E-state index contributed by atoms with van der Waals surface area (Å²) in [5.41, 5.74) is 0.951. The van der Waals surface area contributed by atoms with E-state index in [1.165, 1.54) is 12.8 Å². The molecule has 28 heavy (non-hydrogen) atoms. The van der Waals surface area contributed by atoms with Crippen LogP contribution in [0, 0.1) is 11.8 Å². The molecule has 3 fully saturated rings. The highest BCUT2D eigenvalue weighted by Crippen LogP contribution is 2.45. The summed E-state index contributed by atoms with van der Waals surface area (Å²) in [7, 11) is 1.62. The number of hydrogen-bond acceptors (Lipinski definition) is 6. The first-order valence-electron chi connectivity index (χ1n) is 10.4. The normalized spacial score (nSPS) is 37.2. The first-order valence-corrected chi connectivity index (χ1v) is 10.4. The molecule has 0 saturated carbocycles. The van der Waals surface area contributed by atoms with Crippen LogP contribution in [0.5, 0.6) is 0 Å². The fraction of sp³-hybridized carbons (Fsp3) is 0.682. The molecule has 4 rings (SSSR count).